The van der Waals surface area contributed by atoms with Crippen molar-refractivity contribution in [3.63, 3.8) is 0 Å². The molecule has 0 saturated heterocycles. The van der Waals surface area contributed by atoms with Gasteiger partial charge in [0.05, 0.1) is 11.2 Å². The molecule has 1 heterocycles. The summed E-state index contributed by atoms with van der Waals surface area (Å²) in [6.07, 6.45) is 1.35. The molecule has 2 rings (SSSR count). The summed E-state index contributed by atoms with van der Waals surface area (Å²) in [7, 11) is 0. The van der Waals surface area contributed by atoms with Crippen molar-refractivity contribution < 1.29 is 14.7 Å². The van der Waals surface area contributed by atoms with Crippen molar-refractivity contribution >= 4 is 23.5 Å². The predicted molar refractivity (Wildman–Crippen MR) is 94.9 cm³/mol. The van der Waals surface area contributed by atoms with Gasteiger partial charge in [-0.1, -0.05) is 54.8 Å². The first-order valence-corrected chi connectivity index (χ1v) is 8.21. The number of amides is 1. The quantitative estimate of drug-likeness (QED) is 0.851. The fraction of sp³-hybridized carbons (Fsp3) is 0.333. The Hall–Kier alpha value is -2.47. The van der Waals surface area contributed by atoms with E-state index in [0.29, 0.717) is 11.4 Å². The van der Waals surface area contributed by atoms with Gasteiger partial charge in [0.2, 0.25) is 0 Å². The number of carbonyl (C=O) groups is 2. The van der Waals surface area contributed by atoms with Gasteiger partial charge in [0.15, 0.2) is 6.04 Å². The first kappa shape index (κ1) is 18.9. The van der Waals surface area contributed by atoms with Gasteiger partial charge in [0.1, 0.15) is 11.5 Å². The summed E-state index contributed by atoms with van der Waals surface area (Å²) >= 11 is 6.02. The largest absolute Gasteiger partial charge is 0.479 e. The minimum absolute atomic E-state index is 0.0125. The smallest absolute Gasteiger partial charge is 0.330 e. The number of aromatic nitrogens is 2. The molecule has 0 bridgehead atoms. The lowest BCUT2D eigenvalue weighted by Crippen LogP contribution is -2.34. The Labute approximate surface area is 151 Å². The van der Waals surface area contributed by atoms with Gasteiger partial charge in [-0.2, -0.15) is 0 Å². The van der Waals surface area contributed by atoms with Crippen LogP contribution >= 0.6 is 11.6 Å². The highest BCUT2D eigenvalue weighted by Gasteiger charge is 2.25. The SMILES string of the molecule is Cc1cc(C)cc(C(NC(=O)c2nc(C(C)C)ncc2Cl)C(=O)O)c1. The minimum Gasteiger partial charge on any atom is -0.479 e. The maximum absolute atomic E-state index is 12.5. The van der Waals surface area contributed by atoms with Crippen LogP contribution in [0.4, 0.5) is 0 Å². The Morgan fingerprint density at radius 3 is 2.28 bits per heavy atom. The van der Waals surface area contributed by atoms with Gasteiger partial charge in [-0.15, -0.1) is 0 Å². The third kappa shape index (κ3) is 4.54. The van der Waals surface area contributed by atoms with Crippen LogP contribution in [0.5, 0.6) is 0 Å². The summed E-state index contributed by atoms with van der Waals surface area (Å²) in [5.41, 5.74) is 2.29. The van der Waals surface area contributed by atoms with E-state index in [4.69, 9.17) is 11.6 Å². The number of nitrogens with zero attached hydrogens (tertiary/aromatic N) is 2. The average Bonchev–Trinajstić information content (AvgIpc) is 2.51. The highest BCUT2D eigenvalue weighted by Crippen LogP contribution is 2.20. The summed E-state index contributed by atoms with van der Waals surface area (Å²) in [6.45, 7) is 7.52. The monoisotopic (exact) mass is 361 g/mol. The van der Waals surface area contributed by atoms with E-state index in [1.165, 1.54) is 6.20 Å². The Bertz CT molecular complexity index is 801. The van der Waals surface area contributed by atoms with Crippen molar-refractivity contribution in [1.82, 2.24) is 15.3 Å². The summed E-state index contributed by atoms with van der Waals surface area (Å²) in [6, 6.07) is 4.19. The van der Waals surface area contributed by atoms with Gasteiger partial charge in [0.25, 0.3) is 5.91 Å². The standard InChI is InChI=1S/C18H20ClN3O3/c1-9(2)16-20-8-13(19)15(21-16)17(23)22-14(18(24)25)12-6-10(3)5-11(4)7-12/h5-9,14H,1-4H3,(H,22,23)(H,24,25). The van der Waals surface area contributed by atoms with Crippen LogP contribution in [0.15, 0.2) is 24.4 Å². The van der Waals surface area contributed by atoms with E-state index in [1.54, 1.807) is 12.1 Å². The van der Waals surface area contributed by atoms with Crippen molar-refractivity contribution in [3.05, 3.63) is 57.6 Å². The second kappa shape index (κ2) is 7.61. The van der Waals surface area contributed by atoms with E-state index >= 15 is 0 Å². The molecule has 0 aliphatic rings. The molecule has 25 heavy (non-hydrogen) atoms. The van der Waals surface area contributed by atoms with Crippen LogP contribution in [0, 0.1) is 13.8 Å². The first-order chi connectivity index (χ1) is 11.7. The number of halogens is 1. The molecule has 0 spiro atoms. The maximum atomic E-state index is 12.5. The molecule has 1 unspecified atom stereocenters. The summed E-state index contributed by atoms with van der Waals surface area (Å²) < 4.78 is 0. The van der Waals surface area contributed by atoms with Gasteiger partial charge >= 0.3 is 5.97 Å². The van der Waals surface area contributed by atoms with Crippen LogP contribution in [-0.4, -0.2) is 27.0 Å². The first-order valence-electron chi connectivity index (χ1n) is 7.83. The summed E-state index contributed by atoms with van der Waals surface area (Å²) in [4.78, 5) is 32.5. The number of carboxylic acids is 1. The molecule has 2 N–H and O–H groups in total. The molecular weight excluding hydrogens is 342 g/mol. The molecule has 0 aliphatic carbocycles. The average molecular weight is 362 g/mol. The topological polar surface area (TPSA) is 92.2 Å². The molecule has 2 aromatic rings. The number of hydrogen-bond donors (Lipinski definition) is 2. The molecule has 0 aliphatic heterocycles. The fourth-order valence-electron chi connectivity index (χ4n) is 2.48. The third-order valence-electron chi connectivity index (χ3n) is 3.59. The second-order valence-electron chi connectivity index (χ2n) is 6.25. The second-order valence-corrected chi connectivity index (χ2v) is 6.65. The number of benzene rings is 1. The van der Waals surface area contributed by atoms with E-state index in [0.717, 1.165) is 11.1 Å². The lowest BCUT2D eigenvalue weighted by atomic mass is 10.0. The molecule has 6 nitrogen and oxygen atoms in total. The fourth-order valence-corrected chi connectivity index (χ4v) is 2.66. The Morgan fingerprint density at radius 1 is 1.16 bits per heavy atom. The zero-order valence-corrected chi connectivity index (χ0v) is 15.3. The predicted octanol–water partition coefficient (Wildman–Crippen LogP) is 3.43. The summed E-state index contributed by atoms with van der Waals surface area (Å²) in [5.74, 6) is -1.33. The Balaban J connectivity index is 2.36. The number of carbonyl (C=O) groups excluding carboxylic acids is 1. The van der Waals surface area contributed by atoms with E-state index in [1.807, 2.05) is 33.8 Å². The Kier molecular flexibility index (Phi) is 5.74. The van der Waals surface area contributed by atoms with Gasteiger partial charge in [0, 0.05) is 5.92 Å². The van der Waals surface area contributed by atoms with Crippen LogP contribution in [0.25, 0.3) is 0 Å². The van der Waals surface area contributed by atoms with Crippen molar-refractivity contribution in [2.75, 3.05) is 0 Å². The highest BCUT2D eigenvalue weighted by molar-refractivity contribution is 6.33. The van der Waals surface area contributed by atoms with E-state index in [2.05, 4.69) is 15.3 Å². The highest BCUT2D eigenvalue weighted by atomic mass is 35.5. The van der Waals surface area contributed by atoms with Gasteiger partial charge in [-0.3, -0.25) is 4.79 Å². The maximum Gasteiger partial charge on any atom is 0.330 e. The van der Waals surface area contributed by atoms with Crippen molar-refractivity contribution in [2.24, 2.45) is 0 Å². The third-order valence-corrected chi connectivity index (χ3v) is 3.87. The van der Waals surface area contributed by atoms with Crippen molar-refractivity contribution in [1.29, 1.82) is 0 Å². The number of rotatable bonds is 5. The lowest BCUT2D eigenvalue weighted by Gasteiger charge is -2.17. The van der Waals surface area contributed by atoms with Crippen LogP contribution in [0.3, 0.4) is 0 Å². The molecule has 0 radical (unpaired) electrons. The van der Waals surface area contributed by atoms with Gasteiger partial charge in [-0.25, -0.2) is 14.8 Å². The molecule has 7 heteroatoms. The van der Waals surface area contributed by atoms with Crippen LogP contribution in [-0.2, 0) is 4.79 Å². The molecule has 1 amide bonds. The van der Waals surface area contributed by atoms with Crippen LogP contribution in [0.2, 0.25) is 5.02 Å². The zero-order valence-electron chi connectivity index (χ0n) is 14.5. The van der Waals surface area contributed by atoms with Crippen LogP contribution in [0.1, 0.15) is 58.8 Å². The lowest BCUT2D eigenvalue weighted by molar-refractivity contribution is -0.139. The van der Waals surface area contributed by atoms with Gasteiger partial charge in [-0.05, 0) is 19.4 Å². The van der Waals surface area contributed by atoms with E-state index in [9.17, 15) is 14.7 Å². The number of aryl methyl sites for hydroxylation is 2. The molecule has 1 atom stereocenters. The van der Waals surface area contributed by atoms with E-state index < -0.39 is 17.9 Å². The van der Waals surface area contributed by atoms with Crippen molar-refractivity contribution in [2.45, 2.75) is 39.7 Å². The van der Waals surface area contributed by atoms with Crippen molar-refractivity contribution in [3.8, 4) is 0 Å². The molecule has 1 aromatic carbocycles. The number of hydrogen-bond acceptors (Lipinski definition) is 4. The zero-order chi connectivity index (χ0) is 18.7. The molecule has 0 saturated carbocycles. The van der Waals surface area contributed by atoms with Gasteiger partial charge < -0.3 is 10.4 Å². The molecule has 132 valence electrons. The molecular formula is C18H20ClN3O3. The molecule has 1 aromatic heterocycles. The normalized spacial score (nSPS) is 12.1. The van der Waals surface area contributed by atoms with Crippen LogP contribution < -0.4 is 5.32 Å². The molecule has 0 fully saturated rings. The Morgan fingerprint density at radius 2 is 1.76 bits per heavy atom. The summed E-state index contributed by atoms with van der Waals surface area (Å²) in [5, 5.41) is 12.1. The van der Waals surface area contributed by atoms with E-state index in [-0.39, 0.29) is 16.6 Å². The number of aliphatic carboxylic acids is 1. The minimum atomic E-state index is -1.19. The number of nitrogens with one attached hydrogen (secondary N) is 1. The number of carboxylic acid groups (broad SMARTS) is 1.